The van der Waals surface area contributed by atoms with E-state index >= 15 is 0 Å². The maximum Gasteiger partial charge on any atom is 0.0590 e. The summed E-state index contributed by atoms with van der Waals surface area (Å²) in [6.45, 7) is 6.94. The Kier molecular flexibility index (Phi) is 5.80. The van der Waals surface area contributed by atoms with Gasteiger partial charge in [-0.2, -0.15) is 0 Å². The molecule has 2 unspecified atom stereocenters. The predicted molar refractivity (Wildman–Crippen MR) is 88.4 cm³/mol. The number of hydrogen-bond donors (Lipinski definition) is 1. The van der Waals surface area contributed by atoms with Gasteiger partial charge in [-0.1, -0.05) is 31.2 Å². The summed E-state index contributed by atoms with van der Waals surface area (Å²) in [5.74, 6) is 0. The second-order valence-electron chi connectivity index (χ2n) is 6.19. The van der Waals surface area contributed by atoms with Crippen molar-refractivity contribution in [1.82, 2.24) is 4.90 Å². The average molecular weight is 290 g/mol. The van der Waals surface area contributed by atoms with Gasteiger partial charge in [0.05, 0.1) is 12.1 Å². The Morgan fingerprint density at radius 3 is 2.81 bits per heavy atom. The fraction of sp³-hybridized carbons (Fsp3) is 0.667. The van der Waals surface area contributed by atoms with Crippen LogP contribution >= 0.6 is 0 Å². The van der Waals surface area contributed by atoms with Crippen LogP contribution in [0, 0.1) is 0 Å². The first-order valence-corrected chi connectivity index (χ1v) is 8.23. The van der Waals surface area contributed by atoms with E-state index in [-0.39, 0.29) is 5.54 Å². The number of fused-ring (bicyclic) bond motifs is 1. The number of nitrogens with two attached hydrogens (primary N) is 1. The van der Waals surface area contributed by atoms with Crippen LogP contribution in [0.4, 0.5) is 0 Å². The molecule has 0 aliphatic heterocycles. The molecule has 3 nitrogen and oxygen atoms in total. The summed E-state index contributed by atoms with van der Waals surface area (Å²) in [6.07, 6.45) is 4.67. The van der Waals surface area contributed by atoms with Crippen LogP contribution in [0.25, 0.3) is 0 Å². The van der Waals surface area contributed by atoms with Gasteiger partial charge in [0.2, 0.25) is 0 Å². The number of benzene rings is 1. The maximum absolute atomic E-state index is 6.34. The van der Waals surface area contributed by atoms with Crippen LogP contribution in [-0.4, -0.2) is 37.7 Å². The standard InChI is InChI=1S/C18H30N2O/c1-4-15(2)20(12-13-21-3)18(14-19)11-7-9-16-8-5-6-10-17(16)18/h5-6,8,10,15H,4,7,9,11-14,19H2,1-3H3. The smallest absolute Gasteiger partial charge is 0.0590 e. The topological polar surface area (TPSA) is 38.5 Å². The minimum absolute atomic E-state index is 0.0250. The zero-order valence-electron chi connectivity index (χ0n) is 13.8. The van der Waals surface area contributed by atoms with E-state index in [1.807, 2.05) is 0 Å². The zero-order chi connectivity index (χ0) is 15.3. The van der Waals surface area contributed by atoms with Crippen molar-refractivity contribution in [3.63, 3.8) is 0 Å². The molecule has 0 radical (unpaired) electrons. The van der Waals surface area contributed by atoms with Gasteiger partial charge in [0.1, 0.15) is 0 Å². The van der Waals surface area contributed by atoms with E-state index in [1.54, 1.807) is 7.11 Å². The summed E-state index contributed by atoms with van der Waals surface area (Å²) in [4.78, 5) is 2.59. The zero-order valence-corrected chi connectivity index (χ0v) is 13.8. The summed E-state index contributed by atoms with van der Waals surface area (Å²) in [5.41, 5.74) is 9.22. The molecule has 0 saturated carbocycles. The van der Waals surface area contributed by atoms with Crippen LogP contribution in [0.3, 0.4) is 0 Å². The molecular formula is C18H30N2O. The number of aryl methyl sites for hydroxylation is 1. The molecule has 0 amide bonds. The molecule has 0 fully saturated rings. The van der Waals surface area contributed by atoms with Gasteiger partial charge >= 0.3 is 0 Å². The normalized spacial score (nSPS) is 23.1. The second kappa shape index (κ2) is 7.39. The molecule has 1 aromatic rings. The Morgan fingerprint density at radius 1 is 1.38 bits per heavy atom. The molecule has 2 atom stereocenters. The van der Waals surface area contributed by atoms with Crippen molar-refractivity contribution in [2.45, 2.75) is 51.1 Å². The number of ether oxygens (including phenoxy) is 1. The van der Waals surface area contributed by atoms with Crippen molar-refractivity contribution < 1.29 is 4.74 Å². The van der Waals surface area contributed by atoms with Crippen molar-refractivity contribution in [2.24, 2.45) is 5.73 Å². The summed E-state index contributed by atoms with van der Waals surface area (Å²) >= 11 is 0. The number of methoxy groups -OCH3 is 1. The first-order chi connectivity index (χ1) is 10.2. The lowest BCUT2D eigenvalue weighted by molar-refractivity contribution is 0.0131. The molecule has 0 aromatic heterocycles. The highest BCUT2D eigenvalue weighted by atomic mass is 16.5. The van der Waals surface area contributed by atoms with E-state index in [4.69, 9.17) is 10.5 Å². The molecule has 21 heavy (non-hydrogen) atoms. The first kappa shape index (κ1) is 16.5. The van der Waals surface area contributed by atoms with Gasteiger partial charge in [-0.3, -0.25) is 4.90 Å². The fourth-order valence-electron chi connectivity index (χ4n) is 3.79. The van der Waals surface area contributed by atoms with E-state index in [2.05, 4.69) is 43.0 Å². The van der Waals surface area contributed by atoms with Gasteiger partial charge in [0.15, 0.2) is 0 Å². The molecular weight excluding hydrogens is 260 g/mol. The van der Waals surface area contributed by atoms with E-state index in [1.165, 1.54) is 24.0 Å². The largest absolute Gasteiger partial charge is 0.383 e. The molecule has 0 bridgehead atoms. The van der Waals surface area contributed by atoms with Crippen LogP contribution < -0.4 is 5.73 Å². The van der Waals surface area contributed by atoms with Crippen molar-refractivity contribution in [3.05, 3.63) is 35.4 Å². The van der Waals surface area contributed by atoms with Gasteiger partial charge in [-0.05, 0) is 43.7 Å². The first-order valence-electron chi connectivity index (χ1n) is 8.23. The summed E-state index contributed by atoms with van der Waals surface area (Å²) in [7, 11) is 1.78. The lowest BCUT2D eigenvalue weighted by Crippen LogP contribution is -2.57. The summed E-state index contributed by atoms with van der Waals surface area (Å²) in [6, 6.07) is 9.36. The fourth-order valence-corrected chi connectivity index (χ4v) is 3.79. The molecule has 1 aromatic carbocycles. The van der Waals surface area contributed by atoms with Crippen molar-refractivity contribution >= 4 is 0 Å². The summed E-state index contributed by atoms with van der Waals surface area (Å²) < 4.78 is 5.35. The van der Waals surface area contributed by atoms with Gasteiger partial charge in [0.25, 0.3) is 0 Å². The quantitative estimate of drug-likeness (QED) is 0.839. The molecule has 0 saturated heterocycles. The lowest BCUT2D eigenvalue weighted by Gasteiger charge is -2.49. The minimum atomic E-state index is -0.0250. The second-order valence-corrected chi connectivity index (χ2v) is 6.19. The third-order valence-electron chi connectivity index (χ3n) is 5.10. The number of rotatable bonds is 7. The van der Waals surface area contributed by atoms with Crippen molar-refractivity contribution in [2.75, 3.05) is 26.8 Å². The highest BCUT2D eigenvalue weighted by Crippen LogP contribution is 2.40. The van der Waals surface area contributed by atoms with Gasteiger partial charge < -0.3 is 10.5 Å². The molecule has 3 heteroatoms. The summed E-state index contributed by atoms with van der Waals surface area (Å²) in [5, 5.41) is 0. The highest BCUT2D eigenvalue weighted by Gasteiger charge is 2.41. The van der Waals surface area contributed by atoms with Crippen molar-refractivity contribution in [1.29, 1.82) is 0 Å². The Hall–Kier alpha value is -0.900. The van der Waals surface area contributed by atoms with Gasteiger partial charge in [-0.25, -0.2) is 0 Å². The molecule has 1 aliphatic rings. The predicted octanol–water partition coefficient (Wildman–Crippen LogP) is 2.92. The average Bonchev–Trinajstić information content (AvgIpc) is 2.54. The molecule has 0 spiro atoms. The number of hydrogen-bond acceptors (Lipinski definition) is 3. The van der Waals surface area contributed by atoms with Crippen LogP contribution in [0.1, 0.15) is 44.2 Å². The third-order valence-corrected chi connectivity index (χ3v) is 5.10. The Labute approximate surface area is 129 Å². The van der Waals surface area contributed by atoms with E-state index in [9.17, 15) is 0 Å². The third kappa shape index (κ3) is 3.15. The molecule has 118 valence electrons. The Balaban J connectivity index is 2.43. The van der Waals surface area contributed by atoms with E-state index in [0.717, 1.165) is 26.0 Å². The molecule has 2 N–H and O–H groups in total. The van der Waals surface area contributed by atoms with E-state index in [0.29, 0.717) is 12.6 Å². The van der Waals surface area contributed by atoms with Gasteiger partial charge in [-0.15, -0.1) is 0 Å². The maximum atomic E-state index is 6.34. The van der Waals surface area contributed by atoms with Crippen molar-refractivity contribution in [3.8, 4) is 0 Å². The van der Waals surface area contributed by atoms with E-state index < -0.39 is 0 Å². The Morgan fingerprint density at radius 2 is 2.14 bits per heavy atom. The monoisotopic (exact) mass is 290 g/mol. The lowest BCUT2D eigenvalue weighted by atomic mass is 9.74. The van der Waals surface area contributed by atoms with Crippen LogP contribution in [0.2, 0.25) is 0 Å². The molecule has 1 aliphatic carbocycles. The van der Waals surface area contributed by atoms with Crippen LogP contribution in [0.15, 0.2) is 24.3 Å². The van der Waals surface area contributed by atoms with Gasteiger partial charge in [0, 0.05) is 26.2 Å². The highest BCUT2D eigenvalue weighted by molar-refractivity contribution is 5.37. The number of nitrogens with zero attached hydrogens (tertiary/aromatic N) is 1. The van der Waals surface area contributed by atoms with Crippen LogP contribution in [-0.2, 0) is 16.7 Å². The Bertz CT molecular complexity index is 449. The molecule has 0 heterocycles. The van der Waals surface area contributed by atoms with Crippen LogP contribution in [0.5, 0.6) is 0 Å². The molecule has 2 rings (SSSR count). The minimum Gasteiger partial charge on any atom is -0.383 e. The SMILES string of the molecule is CCC(C)N(CCOC)C1(CN)CCCc2ccccc21.